The molecule has 1 aromatic carbocycles. The average molecular weight is 346 g/mol. The van der Waals surface area contributed by atoms with Crippen molar-refractivity contribution < 1.29 is 9.84 Å². The number of aromatic nitrogens is 1. The SMILES string of the molecule is CCCn1c(O)c(N=NC(=S)NC[C@@H]2CCCO2)c2ccccc21. The Balaban J connectivity index is 1.76. The summed E-state index contributed by atoms with van der Waals surface area (Å²) in [5.41, 5.74) is 1.41. The Hall–Kier alpha value is -1.99. The maximum atomic E-state index is 10.5. The molecule has 128 valence electrons. The third kappa shape index (κ3) is 3.57. The highest BCUT2D eigenvalue weighted by Crippen LogP contribution is 2.38. The van der Waals surface area contributed by atoms with E-state index in [2.05, 4.69) is 22.5 Å². The zero-order chi connectivity index (χ0) is 16.9. The Bertz CT molecular complexity index is 750. The number of hydrogen-bond acceptors (Lipinski definition) is 4. The molecule has 1 saturated heterocycles. The van der Waals surface area contributed by atoms with Crippen molar-refractivity contribution >= 4 is 33.9 Å². The lowest BCUT2D eigenvalue weighted by Crippen LogP contribution is -2.29. The number of thiocarbonyl (C=S) groups is 1. The maximum Gasteiger partial charge on any atom is 0.220 e. The van der Waals surface area contributed by atoms with Gasteiger partial charge in [0.1, 0.15) is 0 Å². The highest BCUT2D eigenvalue weighted by Gasteiger charge is 2.17. The molecule has 0 amide bonds. The number of azo groups is 1. The molecule has 1 aliphatic heterocycles. The molecule has 7 heteroatoms. The van der Waals surface area contributed by atoms with Crippen molar-refractivity contribution in [3.63, 3.8) is 0 Å². The number of nitrogens with one attached hydrogen (secondary N) is 1. The lowest BCUT2D eigenvalue weighted by molar-refractivity contribution is 0.114. The minimum atomic E-state index is 0.128. The van der Waals surface area contributed by atoms with Crippen molar-refractivity contribution in [2.24, 2.45) is 10.2 Å². The molecule has 0 saturated carbocycles. The van der Waals surface area contributed by atoms with E-state index in [9.17, 15) is 5.11 Å². The number of hydrogen-bond donors (Lipinski definition) is 2. The number of rotatable bonds is 5. The fourth-order valence-electron chi connectivity index (χ4n) is 2.96. The summed E-state index contributed by atoms with van der Waals surface area (Å²) in [6, 6.07) is 7.77. The number of benzene rings is 1. The highest BCUT2D eigenvalue weighted by molar-refractivity contribution is 7.80. The van der Waals surface area contributed by atoms with Gasteiger partial charge in [-0.2, -0.15) is 0 Å². The second kappa shape index (κ2) is 7.72. The van der Waals surface area contributed by atoms with Crippen LogP contribution in [0.4, 0.5) is 5.69 Å². The van der Waals surface area contributed by atoms with Crippen LogP contribution in [0.2, 0.25) is 0 Å². The summed E-state index contributed by atoms with van der Waals surface area (Å²) in [7, 11) is 0. The Labute approximate surface area is 146 Å². The standard InChI is InChI=1S/C17H22N4O2S/c1-2-9-21-14-8-4-3-7-13(14)15(16(21)22)19-20-17(24)18-11-12-6-5-10-23-12/h3-4,7-8,12,22H,2,5-6,9-11H2,1H3,(H,18,24)/t12-/m0/s1. The van der Waals surface area contributed by atoms with Gasteiger partial charge in [0.15, 0.2) is 5.69 Å². The van der Waals surface area contributed by atoms with E-state index in [4.69, 9.17) is 17.0 Å². The van der Waals surface area contributed by atoms with Crippen molar-refractivity contribution in [1.82, 2.24) is 9.88 Å². The smallest absolute Gasteiger partial charge is 0.220 e. The van der Waals surface area contributed by atoms with Crippen LogP contribution in [-0.2, 0) is 11.3 Å². The van der Waals surface area contributed by atoms with Crippen LogP contribution in [0.1, 0.15) is 26.2 Å². The first-order valence-electron chi connectivity index (χ1n) is 8.32. The van der Waals surface area contributed by atoms with Gasteiger partial charge in [-0.1, -0.05) is 25.1 Å². The molecule has 1 aliphatic rings. The largest absolute Gasteiger partial charge is 0.493 e. The maximum absolute atomic E-state index is 10.5. The third-order valence-corrected chi connectivity index (χ3v) is 4.34. The van der Waals surface area contributed by atoms with Crippen molar-refractivity contribution in [3.8, 4) is 5.88 Å². The lowest BCUT2D eigenvalue weighted by atomic mass is 10.2. The van der Waals surface area contributed by atoms with E-state index in [0.717, 1.165) is 43.3 Å². The predicted octanol–water partition coefficient (Wildman–Crippen LogP) is 3.89. The molecule has 2 aromatic rings. The fourth-order valence-corrected chi connectivity index (χ4v) is 3.08. The number of ether oxygens (including phenoxy) is 1. The molecule has 1 aromatic heterocycles. The van der Waals surface area contributed by atoms with Crippen LogP contribution in [0.25, 0.3) is 10.9 Å². The minimum Gasteiger partial charge on any atom is -0.493 e. The van der Waals surface area contributed by atoms with E-state index in [0.29, 0.717) is 17.3 Å². The Kier molecular flexibility index (Phi) is 5.42. The molecular formula is C17H22N4O2S. The number of aryl methyl sites for hydroxylation is 1. The summed E-state index contributed by atoms with van der Waals surface area (Å²) in [6.07, 6.45) is 3.24. The zero-order valence-corrected chi connectivity index (χ0v) is 14.6. The molecule has 0 unspecified atom stereocenters. The van der Waals surface area contributed by atoms with Gasteiger partial charge >= 0.3 is 0 Å². The molecule has 0 radical (unpaired) electrons. The molecule has 6 nitrogen and oxygen atoms in total. The van der Waals surface area contributed by atoms with Gasteiger partial charge in [0.25, 0.3) is 0 Å². The van der Waals surface area contributed by atoms with Gasteiger partial charge in [-0.15, -0.1) is 10.2 Å². The van der Waals surface area contributed by atoms with Crippen LogP contribution in [0.5, 0.6) is 5.88 Å². The first-order valence-corrected chi connectivity index (χ1v) is 8.73. The summed E-state index contributed by atoms with van der Waals surface area (Å²) in [5.74, 6) is 0.128. The molecule has 2 N–H and O–H groups in total. The van der Waals surface area contributed by atoms with Gasteiger partial charge in [-0.25, -0.2) is 0 Å². The van der Waals surface area contributed by atoms with Crippen molar-refractivity contribution in [3.05, 3.63) is 24.3 Å². The van der Waals surface area contributed by atoms with E-state index in [-0.39, 0.29) is 12.0 Å². The van der Waals surface area contributed by atoms with Gasteiger partial charge in [-0.05, 0) is 37.5 Å². The van der Waals surface area contributed by atoms with E-state index in [1.54, 1.807) is 0 Å². The molecule has 1 fully saturated rings. The molecule has 24 heavy (non-hydrogen) atoms. The lowest BCUT2D eigenvalue weighted by Gasteiger charge is -2.09. The second-order valence-electron chi connectivity index (χ2n) is 5.86. The van der Waals surface area contributed by atoms with Crippen LogP contribution in [0, 0.1) is 0 Å². The van der Waals surface area contributed by atoms with E-state index < -0.39 is 0 Å². The fraction of sp³-hybridized carbons (Fsp3) is 0.471. The quantitative estimate of drug-likeness (QED) is 0.636. The number of nitrogens with zero attached hydrogens (tertiary/aromatic N) is 3. The van der Waals surface area contributed by atoms with Gasteiger partial charge in [0.2, 0.25) is 11.0 Å². The van der Waals surface area contributed by atoms with Gasteiger partial charge < -0.3 is 19.7 Å². The summed E-state index contributed by atoms with van der Waals surface area (Å²) in [4.78, 5) is 0. The van der Waals surface area contributed by atoms with Crippen molar-refractivity contribution in [2.75, 3.05) is 13.2 Å². The van der Waals surface area contributed by atoms with E-state index in [1.807, 2.05) is 28.8 Å². The summed E-state index contributed by atoms with van der Waals surface area (Å²) in [5, 5.41) is 23.0. The number of fused-ring (bicyclic) bond motifs is 1. The van der Waals surface area contributed by atoms with Crippen LogP contribution < -0.4 is 5.32 Å². The van der Waals surface area contributed by atoms with Gasteiger partial charge in [0, 0.05) is 25.1 Å². The van der Waals surface area contributed by atoms with Gasteiger partial charge in [0.05, 0.1) is 11.6 Å². The monoisotopic (exact) mass is 346 g/mol. The molecule has 0 aliphatic carbocycles. The van der Waals surface area contributed by atoms with E-state index in [1.165, 1.54) is 0 Å². The van der Waals surface area contributed by atoms with E-state index >= 15 is 0 Å². The molecule has 0 bridgehead atoms. The molecule has 0 spiro atoms. The van der Waals surface area contributed by atoms with Crippen LogP contribution in [-0.4, -0.2) is 34.0 Å². The first kappa shape index (κ1) is 16.9. The molecule has 2 heterocycles. The summed E-state index contributed by atoms with van der Waals surface area (Å²) in [6.45, 7) is 4.25. The summed E-state index contributed by atoms with van der Waals surface area (Å²) >= 11 is 5.20. The molecule has 1 atom stereocenters. The average Bonchev–Trinajstić information content (AvgIpc) is 3.20. The number of para-hydroxylation sites is 1. The molecule has 3 rings (SSSR count). The molecular weight excluding hydrogens is 324 g/mol. The zero-order valence-electron chi connectivity index (χ0n) is 13.7. The second-order valence-corrected chi connectivity index (χ2v) is 6.25. The minimum absolute atomic E-state index is 0.128. The Morgan fingerprint density at radius 2 is 2.29 bits per heavy atom. The van der Waals surface area contributed by atoms with Gasteiger partial charge in [-0.3, -0.25) is 0 Å². The Morgan fingerprint density at radius 1 is 1.46 bits per heavy atom. The van der Waals surface area contributed by atoms with Crippen LogP contribution >= 0.6 is 12.2 Å². The highest BCUT2D eigenvalue weighted by atomic mass is 32.1. The topological polar surface area (TPSA) is 71.1 Å². The van der Waals surface area contributed by atoms with Crippen molar-refractivity contribution in [1.29, 1.82) is 0 Å². The number of aromatic hydroxyl groups is 1. The van der Waals surface area contributed by atoms with Crippen LogP contribution in [0.15, 0.2) is 34.5 Å². The van der Waals surface area contributed by atoms with Crippen molar-refractivity contribution in [2.45, 2.75) is 38.8 Å². The predicted molar refractivity (Wildman–Crippen MR) is 98.0 cm³/mol. The first-order chi connectivity index (χ1) is 11.7. The summed E-state index contributed by atoms with van der Waals surface area (Å²) < 4.78 is 7.39. The third-order valence-electron chi connectivity index (χ3n) is 4.11. The van der Waals surface area contributed by atoms with Crippen LogP contribution in [0.3, 0.4) is 0 Å². The normalized spacial score (nSPS) is 17.8. The Morgan fingerprint density at radius 3 is 3.04 bits per heavy atom.